The van der Waals surface area contributed by atoms with Crippen LogP contribution in [-0.4, -0.2) is 5.71 Å². The van der Waals surface area contributed by atoms with Gasteiger partial charge < -0.3 is 4.84 Å². The van der Waals surface area contributed by atoms with Crippen molar-refractivity contribution in [3.63, 3.8) is 0 Å². The molecule has 18 heavy (non-hydrogen) atoms. The molecule has 3 heteroatoms. The highest BCUT2D eigenvalue weighted by molar-refractivity contribution is 6.30. The molecule has 0 aliphatic heterocycles. The van der Waals surface area contributed by atoms with Crippen LogP contribution in [0.15, 0.2) is 59.8 Å². The van der Waals surface area contributed by atoms with Gasteiger partial charge in [0.15, 0.2) is 0 Å². The molecule has 0 heterocycles. The molecule has 2 rings (SSSR count). The monoisotopic (exact) mass is 259 g/mol. The number of rotatable bonds is 4. The predicted octanol–water partition coefficient (Wildman–Crippen LogP) is 4.28. The van der Waals surface area contributed by atoms with Crippen LogP contribution in [0.25, 0.3) is 0 Å². The predicted molar refractivity (Wildman–Crippen MR) is 74.9 cm³/mol. The molecule has 2 aromatic carbocycles. The third kappa shape index (κ3) is 3.60. The smallest absolute Gasteiger partial charge is 0.142 e. The van der Waals surface area contributed by atoms with Crippen LogP contribution < -0.4 is 0 Å². The lowest BCUT2D eigenvalue weighted by Gasteiger charge is -2.02. The summed E-state index contributed by atoms with van der Waals surface area (Å²) >= 11 is 5.81. The molecule has 0 N–H and O–H groups in total. The van der Waals surface area contributed by atoms with Crippen molar-refractivity contribution in [3.8, 4) is 0 Å². The van der Waals surface area contributed by atoms with Crippen LogP contribution >= 0.6 is 11.6 Å². The number of oxime groups is 1. The van der Waals surface area contributed by atoms with Crippen LogP contribution in [0.1, 0.15) is 18.1 Å². The third-order valence-corrected chi connectivity index (χ3v) is 2.79. The molecule has 0 aliphatic rings. The highest BCUT2D eigenvalue weighted by Crippen LogP contribution is 2.10. The van der Waals surface area contributed by atoms with Gasteiger partial charge in [0.05, 0.1) is 5.71 Å². The van der Waals surface area contributed by atoms with Crippen LogP contribution in [0, 0.1) is 0 Å². The number of benzene rings is 2. The molecule has 0 bridgehead atoms. The summed E-state index contributed by atoms with van der Waals surface area (Å²) in [5.41, 5.74) is 2.97. The van der Waals surface area contributed by atoms with Crippen molar-refractivity contribution < 1.29 is 4.84 Å². The highest BCUT2D eigenvalue weighted by Gasteiger charge is 1.97. The van der Waals surface area contributed by atoms with E-state index >= 15 is 0 Å². The minimum atomic E-state index is 0.446. The Labute approximate surface area is 112 Å². The lowest BCUT2D eigenvalue weighted by molar-refractivity contribution is 0.130. The molecule has 0 saturated carbocycles. The van der Waals surface area contributed by atoms with E-state index in [0.29, 0.717) is 6.61 Å². The van der Waals surface area contributed by atoms with Crippen LogP contribution in [0.4, 0.5) is 0 Å². The molecule has 92 valence electrons. The maximum atomic E-state index is 5.81. The van der Waals surface area contributed by atoms with Crippen molar-refractivity contribution in [1.29, 1.82) is 0 Å². The molecule has 0 amide bonds. The average Bonchev–Trinajstić information content (AvgIpc) is 2.42. The third-order valence-electron chi connectivity index (χ3n) is 2.54. The Morgan fingerprint density at radius 1 is 1.06 bits per heavy atom. The minimum absolute atomic E-state index is 0.446. The second kappa shape index (κ2) is 6.22. The molecule has 0 atom stereocenters. The fraction of sp³-hybridized carbons (Fsp3) is 0.133. The summed E-state index contributed by atoms with van der Waals surface area (Å²) in [6, 6.07) is 17.5. The van der Waals surface area contributed by atoms with E-state index in [1.165, 1.54) is 0 Å². The number of hydrogen-bond acceptors (Lipinski definition) is 2. The zero-order valence-electron chi connectivity index (χ0n) is 10.1. The number of hydrogen-bond donors (Lipinski definition) is 0. The number of nitrogens with zero attached hydrogens (tertiary/aromatic N) is 1. The van der Waals surface area contributed by atoms with Crippen LogP contribution in [0.3, 0.4) is 0 Å². The van der Waals surface area contributed by atoms with Gasteiger partial charge in [-0.2, -0.15) is 0 Å². The van der Waals surface area contributed by atoms with Gasteiger partial charge in [-0.05, 0) is 30.2 Å². The maximum Gasteiger partial charge on any atom is 0.142 e. The molecule has 0 aromatic heterocycles. The molecular weight excluding hydrogens is 246 g/mol. The van der Waals surface area contributed by atoms with Gasteiger partial charge >= 0.3 is 0 Å². The SMILES string of the molecule is CC(=NOCc1ccc(Cl)cc1)c1ccccc1. The topological polar surface area (TPSA) is 21.6 Å². The summed E-state index contributed by atoms with van der Waals surface area (Å²) in [4.78, 5) is 5.32. The van der Waals surface area contributed by atoms with E-state index in [1.807, 2.05) is 61.5 Å². The fourth-order valence-electron chi connectivity index (χ4n) is 1.52. The molecule has 2 nitrogen and oxygen atoms in total. The van der Waals surface area contributed by atoms with Crippen molar-refractivity contribution >= 4 is 17.3 Å². The summed E-state index contributed by atoms with van der Waals surface area (Å²) in [6.45, 7) is 2.37. The van der Waals surface area contributed by atoms with E-state index in [1.54, 1.807) is 0 Å². The lowest BCUT2D eigenvalue weighted by Crippen LogP contribution is -1.96. The second-order valence-electron chi connectivity index (χ2n) is 3.94. The van der Waals surface area contributed by atoms with Crippen molar-refractivity contribution in [2.75, 3.05) is 0 Å². The van der Waals surface area contributed by atoms with Gasteiger partial charge in [0.25, 0.3) is 0 Å². The van der Waals surface area contributed by atoms with Crippen LogP contribution in [-0.2, 0) is 11.4 Å². The Hall–Kier alpha value is -1.80. The van der Waals surface area contributed by atoms with E-state index in [-0.39, 0.29) is 0 Å². The summed E-state index contributed by atoms with van der Waals surface area (Å²) in [6.07, 6.45) is 0. The molecule has 0 spiro atoms. The molecule has 0 radical (unpaired) electrons. The molecular formula is C15H14ClNO. The summed E-state index contributed by atoms with van der Waals surface area (Å²) in [5.74, 6) is 0. The van der Waals surface area contributed by atoms with Gasteiger partial charge in [0.1, 0.15) is 6.61 Å². The average molecular weight is 260 g/mol. The normalized spacial score (nSPS) is 11.3. The Morgan fingerprint density at radius 3 is 2.39 bits per heavy atom. The molecule has 0 fully saturated rings. The van der Waals surface area contributed by atoms with E-state index in [4.69, 9.17) is 16.4 Å². The standard InChI is InChI=1S/C15H14ClNO/c1-12(14-5-3-2-4-6-14)17-18-11-13-7-9-15(16)10-8-13/h2-10H,11H2,1H3. The first-order valence-corrected chi connectivity index (χ1v) is 6.10. The van der Waals surface area contributed by atoms with Crippen LogP contribution in [0.2, 0.25) is 5.02 Å². The van der Waals surface area contributed by atoms with Gasteiger partial charge in [-0.25, -0.2) is 0 Å². The Morgan fingerprint density at radius 2 is 1.72 bits per heavy atom. The molecule has 2 aromatic rings. The fourth-order valence-corrected chi connectivity index (χ4v) is 1.64. The van der Waals surface area contributed by atoms with Crippen molar-refractivity contribution in [3.05, 3.63) is 70.7 Å². The number of halogens is 1. The Bertz CT molecular complexity index is 520. The zero-order chi connectivity index (χ0) is 12.8. The first kappa shape index (κ1) is 12.7. The van der Waals surface area contributed by atoms with Crippen molar-refractivity contribution in [2.24, 2.45) is 5.16 Å². The first-order chi connectivity index (χ1) is 8.75. The Balaban J connectivity index is 1.93. The van der Waals surface area contributed by atoms with Crippen LogP contribution in [0.5, 0.6) is 0 Å². The zero-order valence-corrected chi connectivity index (χ0v) is 10.9. The highest BCUT2D eigenvalue weighted by atomic mass is 35.5. The van der Waals surface area contributed by atoms with Gasteiger partial charge in [-0.15, -0.1) is 0 Å². The minimum Gasteiger partial charge on any atom is -0.391 e. The van der Waals surface area contributed by atoms with E-state index in [2.05, 4.69) is 5.16 Å². The van der Waals surface area contributed by atoms with Gasteiger partial charge in [0.2, 0.25) is 0 Å². The summed E-state index contributed by atoms with van der Waals surface area (Å²) < 4.78 is 0. The summed E-state index contributed by atoms with van der Waals surface area (Å²) in [7, 11) is 0. The van der Waals surface area contributed by atoms with E-state index in [9.17, 15) is 0 Å². The maximum absolute atomic E-state index is 5.81. The molecule has 0 saturated heterocycles. The van der Waals surface area contributed by atoms with E-state index in [0.717, 1.165) is 21.9 Å². The van der Waals surface area contributed by atoms with Gasteiger partial charge in [-0.3, -0.25) is 0 Å². The first-order valence-electron chi connectivity index (χ1n) is 5.72. The van der Waals surface area contributed by atoms with E-state index < -0.39 is 0 Å². The largest absolute Gasteiger partial charge is 0.391 e. The quantitative estimate of drug-likeness (QED) is 0.593. The van der Waals surface area contributed by atoms with Crippen molar-refractivity contribution in [1.82, 2.24) is 0 Å². The second-order valence-corrected chi connectivity index (χ2v) is 4.38. The Kier molecular flexibility index (Phi) is 4.37. The lowest BCUT2D eigenvalue weighted by atomic mass is 10.1. The van der Waals surface area contributed by atoms with Gasteiger partial charge in [-0.1, -0.05) is 59.2 Å². The molecule has 0 unspecified atom stereocenters. The summed E-state index contributed by atoms with van der Waals surface area (Å²) in [5, 5.41) is 4.82. The van der Waals surface area contributed by atoms with Crippen molar-refractivity contribution in [2.45, 2.75) is 13.5 Å². The van der Waals surface area contributed by atoms with Gasteiger partial charge in [0, 0.05) is 5.02 Å². The molecule has 0 aliphatic carbocycles.